The number of hydrogen-bond acceptors (Lipinski definition) is 0. The lowest BCUT2D eigenvalue weighted by Crippen LogP contribution is -1.78. The van der Waals surface area contributed by atoms with E-state index < -0.39 is 0 Å². The van der Waals surface area contributed by atoms with Crippen molar-refractivity contribution in [2.24, 2.45) is 0 Å². The third kappa shape index (κ3) is 1.02. The summed E-state index contributed by atoms with van der Waals surface area (Å²) in [7, 11) is 0. The van der Waals surface area contributed by atoms with E-state index in [1.807, 2.05) is 22.7 Å². The summed E-state index contributed by atoms with van der Waals surface area (Å²) < 4.78 is 2.03. The Hall–Kier alpha value is -0.950. The van der Waals surface area contributed by atoms with Crippen LogP contribution < -0.4 is 0 Å². The molecule has 1 nitrogen and oxygen atoms in total. The number of hydrogen-bond donors (Lipinski definition) is 0. The summed E-state index contributed by atoms with van der Waals surface area (Å²) in [6.45, 7) is 2.06. The molecule has 0 fully saturated rings. The van der Waals surface area contributed by atoms with Gasteiger partial charge >= 0.3 is 0 Å². The van der Waals surface area contributed by atoms with Crippen molar-refractivity contribution in [1.29, 1.82) is 0 Å². The predicted octanol–water partition coefficient (Wildman–Crippen LogP) is 2.90. The molecule has 0 aliphatic carbocycles. The molecule has 2 heteroatoms. The molecule has 0 amide bonds. The third-order valence-corrected chi connectivity index (χ3v) is 2.04. The van der Waals surface area contributed by atoms with E-state index in [0.717, 1.165) is 10.5 Å². The van der Waals surface area contributed by atoms with Crippen molar-refractivity contribution in [2.45, 2.75) is 6.92 Å². The van der Waals surface area contributed by atoms with Crippen molar-refractivity contribution in [3.63, 3.8) is 0 Å². The molecule has 11 heavy (non-hydrogen) atoms. The highest BCUT2D eigenvalue weighted by atomic mass is 35.5. The van der Waals surface area contributed by atoms with E-state index in [1.165, 1.54) is 5.56 Å². The van der Waals surface area contributed by atoms with Gasteiger partial charge in [-0.25, -0.2) is 0 Å². The van der Waals surface area contributed by atoms with Crippen LogP contribution in [0.25, 0.3) is 5.52 Å². The molecule has 0 aliphatic heterocycles. The molecule has 2 heterocycles. The number of nitrogens with zero attached hydrogens (tertiary/aromatic N) is 1. The largest absolute Gasteiger partial charge is 0.322 e. The highest BCUT2D eigenvalue weighted by molar-refractivity contribution is 6.33. The van der Waals surface area contributed by atoms with Gasteiger partial charge in [0, 0.05) is 12.4 Å². The molecule has 56 valence electrons. The maximum atomic E-state index is 5.95. The third-order valence-electron chi connectivity index (χ3n) is 1.72. The molecule has 0 unspecified atom stereocenters. The first kappa shape index (κ1) is 6.74. The quantitative estimate of drug-likeness (QED) is 0.566. The van der Waals surface area contributed by atoms with Crippen LogP contribution in [0.4, 0.5) is 0 Å². The van der Waals surface area contributed by atoms with E-state index in [0.29, 0.717) is 0 Å². The summed E-state index contributed by atoms with van der Waals surface area (Å²) in [4.78, 5) is 0. The van der Waals surface area contributed by atoms with Crippen molar-refractivity contribution < 1.29 is 0 Å². The SMILES string of the molecule is Cc1cc2c(Cl)cccn2c1. The van der Waals surface area contributed by atoms with Gasteiger partial charge in [0.2, 0.25) is 0 Å². The Morgan fingerprint density at radius 1 is 1.45 bits per heavy atom. The zero-order chi connectivity index (χ0) is 7.84. The second kappa shape index (κ2) is 2.28. The van der Waals surface area contributed by atoms with Crippen molar-refractivity contribution in [2.75, 3.05) is 0 Å². The molecule has 0 saturated heterocycles. The average molecular weight is 166 g/mol. The normalized spacial score (nSPS) is 10.7. The van der Waals surface area contributed by atoms with Crippen LogP contribution in [0.2, 0.25) is 5.02 Å². The molecule has 0 aliphatic rings. The molecule has 0 N–H and O–H groups in total. The van der Waals surface area contributed by atoms with Crippen LogP contribution in [0.3, 0.4) is 0 Å². The summed E-state index contributed by atoms with van der Waals surface area (Å²) >= 11 is 5.95. The van der Waals surface area contributed by atoms with Gasteiger partial charge in [-0.1, -0.05) is 11.6 Å². The van der Waals surface area contributed by atoms with Gasteiger partial charge in [-0.05, 0) is 30.7 Å². The van der Waals surface area contributed by atoms with Gasteiger partial charge in [0.05, 0.1) is 10.5 Å². The Labute approximate surface area is 70.2 Å². The molecule has 2 aromatic heterocycles. The minimum absolute atomic E-state index is 0.806. The van der Waals surface area contributed by atoms with Crippen LogP contribution >= 0.6 is 11.6 Å². The maximum Gasteiger partial charge on any atom is 0.0646 e. The lowest BCUT2D eigenvalue weighted by atomic mass is 10.3. The van der Waals surface area contributed by atoms with Crippen LogP contribution in [-0.4, -0.2) is 4.40 Å². The predicted molar refractivity (Wildman–Crippen MR) is 47.1 cm³/mol. The van der Waals surface area contributed by atoms with Crippen LogP contribution in [0.1, 0.15) is 5.56 Å². The van der Waals surface area contributed by atoms with E-state index in [-0.39, 0.29) is 0 Å². The van der Waals surface area contributed by atoms with Crippen molar-refractivity contribution in [3.8, 4) is 0 Å². The zero-order valence-corrected chi connectivity index (χ0v) is 6.97. The average Bonchev–Trinajstić information content (AvgIpc) is 2.31. The second-order valence-corrected chi connectivity index (χ2v) is 3.07. The van der Waals surface area contributed by atoms with E-state index in [1.54, 1.807) is 0 Å². The molecule has 0 aromatic carbocycles. The number of aromatic nitrogens is 1. The molecule has 0 saturated carbocycles. The van der Waals surface area contributed by atoms with E-state index in [2.05, 4.69) is 19.2 Å². The first-order chi connectivity index (χ1) is 5.27. The highest BCUT2D eigenvalue weighted by Gasteiger charge is 1.97. The number of aryl methyl sites for hydroxylation is 1. The molecule has 2 aromatic rings. The molecular weight excluding hydrogens is 158 g/mol. The number of halogens is 1. The summed E-state index contributed by atoms with van der Waals surface area (Å²) in [5, 5.41) is 0.806. The second-order valence-electron chi connectivity index (χ2n) is 2.67. The fourth-order valence-electron chi connectivity index (χ4n) is 1.24. The lowest BCUT2D eigenvalue weighted by molar-refractivity contribution is 1.19. The highest BCUT2D eigenvalue weighted by Crippen LogP contribution is 2.18. The molecular formula is C9H8ClN. The van der Waals surface area contributed by atoms with Gasteiger partial charge in [-0.2, -0.15) is 0 Å². The smallest absolute Gasteiger partial charge is 0.0646 e. The van der Waals surface area contributed by atoms with E-state index >= 15 is 0 Å². The Morgan fingerprint density at radius 3 is 3.00 bits per heavy atom. The van der Waals surface area contributed by atoms with Gasteiger partial charge in [0.1, 0.15) is 0 Å². The fraction of sp³-hybridized carbons (Fsp3) is 0.111. The lowest BCUT2D eigenvalue weighted by Gasteiger charge is -1.93. The Bertz CT molecular complexity index is 389. The Kier molecular flexibility index (Phi) is 1.40. The van der Waals surface area contributed by atoms with Crippen molar-refractivity contribution in [3.05, 3.63) is 41.2 Å². The maximum absolute atomic E-state index is 5.95. The first-order valence-corrected chi connectivity index (χ1v) is 3.88. The summed E-state index contributed by atoms with van der Waals surface area (Å²) in [5.74, 6) is 0. The Morgan fingerprint density at radius 2 is 2.27 bits per heavy atom. The molecule has 2 rings (SSSR count). The van der Waals surface area contributed by atoms with E-state index in [4.69, 9.17) is 11.6 Å². The summed E-state index contributed by atoms with van der Waals surface area (Å²) in [6.07, 6.45) is 4.05. The fourth-order valence-corrected chi connectivity index (χ4v) is 1.46. The van der Waals surface area contributed by atoms with Crippen LogP contribution in [0, 0.1) is 6.92 Å². The summed E-state index contributed by atoms with van der Waals surface area (Å²) in [6, 6.07) is 5.91. The van der Waals surface area contributed by atoms with E-state index in [9.17, 15) is 0 Å². The minimum Gasteiger partial charge on any atom is -0.322 e. The van der Waals surface area contributed by atoms with Crippen molar-refractivity contribution >= 4 is 17.1 Å². The number of rotatable bonds is 0. The van der Waals surface area contributed by atoms with Gasteiger partial charge < -0.3 is 4.40 Å². The first-order valence-electron chi connectivity index (χ1n) is 3.50. The zero-order valence-electron chi connectivity index (χ0n) is 6.21. The van der Waals surface area contributed by atoms with Gasteiger partial charge in [0.25, 0.3) is 0 Å². The molecule has 0 spiro atoms. The van der Waals surface area contributed by atoms with Gasteiger partial charge in [-0.3, -0.25) is 0 Å². The van der Waals surface area contributed by atoms with Gasteiger partial charge in [0.15, 0.2) is 0 Å². The number of fused-ring (bicyclic) bond motifs is 1. The van der Waals surface area contributed by atoms with Crippen LogP contribution in [0.15, 0.2) is 30.6 Å². The van der Waals surface area contributed by atoms with Crippen LogP contribution in [0.5, 0.6) is 0 Å². The summed E-state index contributed by atoms with van der Waals surface area (Å²) in [5.41, 5.74) is 2.31. The number of pyridine rings is 1. The molecule has 0 atom stereocenters. The topological polar surface area (TPSA) is 4.41 Å². The van der Waals surface area contributed by atoms with Crippen LogP contribution in [-0.2, 0) is 0 Å². The standard InChI is InChI=1S/C9H8ClN/c1-7-5-9-8(10)3-2-4-11(9)6-7/h2-6H,1H3. The van der Waals surface area contributed by atoms with Gasteiger partial charge in [-0.15, -0.1) is 0 Å². The Balaban J connectivity index is 2.90. The van der Waals surface area contributed by atoms with Crippen molar-refractivity contribution in [1.82, 2.24) is 4.40 Å². The minimum atomic E-state index is 0.806. The molecule has 0 radical (unpaired) electrons. The molecule has 0 bridgehead atoms. The monoisotopic (exact) mass is 165 g/mol.